The van der Waals surface area contributed by atoms with Gasteiger partial charge in [0.25, 0.3) is 0 Å². The van der Waals surface area contributed by atoms with Crippen LogP contribution in [-0.2, 0) is 25.2 Å². The van der Waals surface area contributed by atoms with Crippen molar-refractivity contribution < 1.29 is 29.6 Å². The number of carboxylic acid groups (broad SMARTS) is 1. The van der Waals surface area contributed by atoms with Crippen LogP contribution < -0.4 is 21.9 Å². The van der Waals surface area contributed by atoms with E-state index in [9.17, 15) is 24.9 Å². The van der Waals surface area contributed by atoms with Gasteiger partial charge in [0.2, 0.25) is 5.91 Å². The number of imidazole rings is 1. The summed E-state index contributed by atoms with van der Waals surface area (Å²) in [6.07, 6.45) is 0.709. The van der Waals surface area contributed by atoms with Crippen molar-refractivity contribution in [1.82, 2.24) is 24.8 Å². The topological polar surface area (TPSA) is 215 Å². The summed E-state index contributed by atoms with van der Waals surface area (Å²) < 4.78 is 7.39. The molecular weight excluding hydrogens is 430 g/mol. The molecule has 1 unspecified atom stereocenters. The molecule has 1 saturated heterocycles. The Labute approximate surface area is 180 Å². The Kier molecular flexibility index (Phi) is 7.27. The minimum atomic E-state index is -1.39. The van der Waals surface area contributed by atoms with Crippen molar-refractivity contribution in [2.45, 2.75) is 37.0 Å². The minimum absolute atomic E-state index is 0.144. The van der Waals surface area contributed by atoms with E-state index < -0.39 is 42.5 Å². The predicted molar refractivity (Wildman–Crippen MR) is 109 cm³/mol. The lowest BCUT2D eigenvalue weighted by molar-refractivity contribution is -0.308. The lowest BCUT2D eigenvalue weighted by Crippen LogP contribution is -2.50. The van der Waals surface area contributed by atoms with Crippen LogP contribution in [0.1, 0.15) is 12.6 Å². The smallest absolute Gasteiger partial charge is 0.234 e. The van der Waals surface area contributed by atoms with E-state index >= 15 is 0 Å². The zero-order chi connectivity index (χ0) is 22.7. The molecule has 0 aliphatic carbocycles. The maximum atomic E-state index is 11.4. The van der Waals surface area contributed by atoms with Crippen molar-refractivity contribution in [3.05, 3.63) is 12.7 Å². The number of rotatable bonds is 9. The third-order valence-corrected chi connectivity index (χ3v) is 6.84. The molecule has 14 heteroatoms. The van der Waals surface area contributed by atoms with Crippen molar-refractivity contribution in [3.8, 4) is 0 Å². The van der Waals surface area contributed by atoms with Crippen molar-refractivity contribution in [2.24, 2.45) is 5.73 Å². The molecule has 0 spiro atoms. The molecule has 3 heterocycles. The van der Waals surface area contributed by atoms with Gasteiger partial charge < -0.3 is 41.6 Å². The third-order valence-electron chi connectivity index (χ3n) is 5.01. The van der Waals surface area contributed by atoms with Gasteiger partial charge in [-0.1, -0.05) is 0 Å². The van der Waals surface area contributed by atoms with E-state index in [0.717, 1.165) is 0 Å². The highest BCUT2D eigenvalue weighted by Gasteiger charge is 2.46. The van der Waals surface area contributed by atoms with E-state index in [2.05, 4.69) is 20.3 Å². The van der Waals surface area contributed by atoms with Gasteiger partial charge in [-0.3, -0.25) is 9.36 Å². The third kappa shape index (κ3) is 5.04. The fourth-order valence-electron chi connectivity index (χ4n) is 3.34. The number of hydrogen-bond acceptors (Lipinski definition) is 11. The van der Waals surface area contributed by atoms with Gasteiger partial charge >= 0.3 is 0 Å². The maximum absolute atomic E-state index is 11.4. The zero-order valence-electron chi connectivity index (χ0n) is 16.7. The Bertz CT molecular complexity index is 943. The minimum Gasteiger partial charge on any atom is -0.548 e. The molecule has 1 amide bonds. The number of aliphatic carboxylic acids is 1. The maximum Gasteiger partial charge on any atom is 0.234 e. The fourth-order valence-corrected chi connectivity index (χ4v) is 4.98. The van der Waals surface area contributed by atoms with Crippen LogP contribution in [0.5, 0.6) is 0 Å². The number of nitrogens with two attached hydrogens (primary N) is 2. The van der Waals surface area contributed by atoms with E-state index in [1.807, 2.05) is 6.26 Å². The summed E-state index contributed by atoms with van der Waals surface area (Å²) in [4.78, 5) is 34.7. The molecule has 7 N–H and O–H groups in total. The molecule has 0 radical (unpaired) electrons. The SMILES string of the molecule is C[S+](CC[C@@H](NC(=O)CN)C(=O)[O-])C[C@H]1O[C@@H](n2cnc3c(N)ncnc32)[C@H](O)[C@@H]1O. The Hall–Kier alpha value is -2.52. The standard InChI is InChI=1S/C17H25N7O6S/c1-31(3-2-8(17(28)29)23-10(25)4-18)5-9-12(26)13(27)16(30-9)24-7-22-11-14(19)20-6-21-15(11)24/h6-9,12-13,16,26-27H,2-5,18H2,1H3,(H3-,19,20,21,23,25,28,29)/t8-,9-,12-,13-,16-,31?/m1/s1. The van der Waals surface area contributed by atoms with Crippen LogP contribution in [0.15, 0.2) is 12.7 Å². The molecule has 170 valence electrons. The number of nitrogens with one attached hydrogen (secondary N) is 1. The van der Waals surface area contributed by atoms with Gasteiger partial charge in [-0.05, 0) is 10.9 Å². The summed E-state index contributed by atoms with van der Waals surface area (Å²) in [5, 5.41) is 34.5. The molecule has 1 aliphatic heterocycles. The van der Waals surface area contributed by atoms with Crippen LogP contribution in [-0.4, -0.2) is 90.3 Å². The molecule has 2 aromatic rings. The number of hydrogen-bond donors (Lipinski definition) is 5. The number of carbonyl (C=O) groups excluding carboxylic acids is 2. The van der Waals surface area contributed by atoms with Gasteiger partial charge in [-0.2, -0.15) is 0 Å². The van der Waals surface area contributed by atoms with E-state index in [1.54, 1.807) is 0 Å². The van der Waals surface area contributed by atoms with Crippen LogP contribution in [0.25, 0.3) is 11.2 Å². The normalized spacial score (nSPS) is 25.4. The monoisotopic (exact) mass is 455 g/mol. The fraction of sp³-hybridized carbons (Fsp3) is 0.588. The quantitative estimate of drug-likeness (QED) is 0.229. The van der Waals surface area contributed by atoms with Crippen LogP contribution in [0.4, 0.5) is 5.82 Å². The van der Waals surface area contributed by atoms with Crippen LogP contribution in [0.2, 0.25) is 0 Å². The van der Waals surface area contributed by atoms with Gasteiger partial charge in [0.1, 0.15) is 41.7 Å². The predicted octanol–water partition coefficient (Wildman–Crippen LogP) is -4.14. The largest absolute Gasteiger partial charge is 0.548 e. The number of anilines is 1. The van der Waals surface area contributed by atoms with Gasteiger partial charge in [-0.15, -0.1) is 0 Å². The molecule has 2 aromatic heterocycles. The van der Waals surface area contributed by atoms with Gasteiger partial charge in [-0.25, -0.2) is 15.0 Å². The first kappa shape index (κ1) is 23.1. The average Bonchev–Trinajstić information content (AvgIpc) is 3.28. The number of ether oxygens (including phenoxy) is 1. The highest BCUT2D eigenvalue weighted by molar-refractivity contribution is 7.96. The lowest BCUT2D eigenvalue weighted by Gasteiger charge is -2.19. The van der Waals surface area contributed by atoms with Gasteiger partial charge in [0, 0.05) is 6.42 Å². The van der Waals surface area contributed by atoms with Crippen molar-refractivity contribution in [1.29, 1.82) is 0 Å². The number of aliphatic hydroxyl groups is 2. The number of aromatic nitrogens is 4. The zero-order valence-corrected chi connectivity index (χ0v) is 17.6. The first-order valence-corrected chi connectivity index (χ1v) is 11.4. The number of carbonyl (C=O) groups is 2. The molecule has 0 aromatic carbocycles. The summed E-state index contributed by atoms with van der Waals surface area (Å²) in [7, 11) is -0.382. The molecule has 6 atom stereocenters. The number of amides is 1. The second-order valence-electron chi connectivity index (χ2n) is 7.21. The molecule has 0 bridgehead atoms. The van der Waals surface area contributed by atoms with E-state index in [1.165, 1.54) is 17.2 Å². The number of fused-ring (bicyclic) bond motifs is 1. The van der Waals surface area contributed by atoms with E-state index in [-0.39, 0.29) is 29.7 Å². The van der Waals surface area contributed by atoms with Gasteiger partial charge in [0.15, 0.2) is 17.7 Å². The molecule has 0 saturated carbocycles. The molecule has 3 rings (SSSR count). The molecule has 1 aliphatic rings. The Balaban J connectivity index is 1.62. The van der Waals surface area contributed by atoms with Crippen molar-refractivity contribution in [3.63, 3.8) is 0 Å². The molecular formula is C17H25N7O6S. The first-order chi connectivity index (χ1) is 14.7. The summed E-state index contributed by atoms with van der Waals surface area (Å²) >= 11 is 0. The number of nitrogen functional groups attached to an aromatic ring is 1. The Morgan fingerprint density at radius 2 is 2.10 bits per heavy atom. The van der Waals surface area contributed by atoms with Crippen molar-refractivity contribution in [2.75, 3.05) is 30.0 Å². The highest BCUT2D eigenvalue weighted by atomic mass is 32.2. The number of nitrogens with zero attached hydrogens (tertiary/aromatic N) is 4. The first-order valence-electron chi connectivity index (χ1n) is 9.47. The Morgan fingerprint density at radius 1 is 1.35 bits per heavy atom. The van der Waals surface area contributed by atoms with Crippen LogP contribution >= 0.6 is 0 Å². The van der Waals surface area contributed by atoms with Crippen LogP contribution in [0.3, 0.4) is 0 Å². The summed E-state index contributed by atoms with van der Waals surface area (Å²) in [5.41, 5.74) is 11.7. The number of carboxylic acids is 1. The molecule has 1 fully saturated rings. The van der Waals surface area contributed by atoms with E-state index in [0.29, 0.717) is 22.7 Å². The lowest BCUT2D eigenvalue weighted by atomic mass is 10.1. The summed E-state index contributed by atoms with van der Waals surface area (Å²) in [6.45, 7) is -0.317. The van der Waals surface area contributed by atoms with E-state index in [4.69, 9.17) is 16.2 Å². The second-order valence-corrected chi connectivity index (χ2v) is 9.52. The number of aliphatic hydroxyl groups excluding tert-OH is 2. The van der Waals surface area contributed by atoms with Gasteiger partial charge in [0.05, 0.1) is 31.1 Å². The summed E-state index contributed by atoms with van der Waals surface area (Å²) in [5.74, 6) is -0.965. The van der Waals surface area contributed by atoms with Crippen molar-refractivity contribution >= 4 is 39.8 Å². The second kappa shape index (κ2) is 9.74. The molecule has 31 heavy (non-hydrogen) atoms. The average molecular weight is 455 g/mol. The summed E-state index contributed by atoms with van der Waals surface area (Å²) in [6, 6.07) is -1.15. The van der Waals surface area contributed by atoms with Crippen LogP contribution in [0, 0.1) is 0 Å². The molecule has 13 nitrogen and oxygen atoms in total. The Morgan fingerprint density at radius 3 is 2.77 bits per heavy atom. The highest BCUT2D eigenvalue weighted by Crippen LogP contribution is 2.32.